The van der Waals surface area contributed by atoms with Gasteiger partial charge in [0.25, 0.3) is 0 Å². The average Bonchev–Trinajstić information content (AvgIpc) is 2.46. The third kappa shape index (κ3) is 5.62. The Morgan fingerprint density at radius 3 is 2.53 bits per heavy atom. The first-order chi connectivity index (χ1) is 9.34. The maximum absolute atomic E-state index is 5.74. The molecule has 1 fully saturated rings. The van der Waals surface area contributed by atoms with Crippen LogP contribution in [-0.4, -0.2) is 39.3 Å². The van der Waals surface area contributed by atoms with E-state index in [1.807, 2.05) is 0 Å². The van der Waals surface area contributed by atoms with Gasteiger partial charge in [0.05, 0.1) is 13.2 Å². The Morgan fingerprint density at radius 2 is 1.79 bits per heavy atom. The summed E-state index contributed by atoms with van der Waals surface area (Å²) in [6, 6.07) is 8.32. The highest BCUT2D eigenvalue weighted by Crippen LogP contribution is 2.11. The van der Waals surface area contributed by atoms with E-state index in [-0.39, 0.29) is 0 Å². The van der Waals surface area contributed by atoms with Crippen LogP contribution < -0.4 is 15.0 Å². The van der Waals surface area contributed by atoms with Gasteiger partial charge in [-0.1, -0.05) is 17.7 Å². The standard InChI is InChI=1S/C16H26N2O/c1-15-5-7-16(8-6-15)19-14-4-2-3-11-18-12-9-17-10-13-18/h5-8,17H,2-4,9-14H2,1H3/p+2. The lowest BCUT2D eigenvalue weighted by molar-refractivity contribution is -0.946. The average molecular weight is 264 g/mol. The highest BCUT2D eigenvalue weighted by Gasteiger charge is 2.14. The molecule has 0 saturated carbocycles. The lowest BCUT2D eigenvalue weighted by Gasteiger charge is -2.21. The molecule has 1 heterocycles. The third-order valence-electron chi connectivity index (χ3n) is 3.87. The van der Waals surface area contributed by atoms with Crippen LogP contribution in [0.5, 0.6) is 5.75 Å². The van der Waals surface area contributed by atoms with E-state index in [0.29, 0.717) is 0 Å². The molecule has 1 aliphatic rings. The van der Waals surface area contributed by atoms with Gasteiger partial charge in [-0.05, 0) is 38.3 Å². The SMILES string of the molecule is Cc1ccc(OCCCCC[NH+]2CC[NH2+]CC2)cc1. The molecule has 1 aromatic carbocycles. The molecule has 0 aliphatic carbocycles. The van der Waals surface area contributed by atoms with E-state index in [0.717, 1.165) is 12.4 Å². The zero-order valence-electron chi connectivity index (χ0n) is 12.2. The minimum absolute atomic E-state index is 0.853. The van der Waals surface area contributed by atoms with Gasteiger partial charge in [0.2, 0.25) is 0 Å². The second kappa shape index (κ2) is 8.18. The summed E-state index contributed by atoms with van der Waals surface area (Å²) in [6.07, 6.45) is 3.80. The fraction of sp³-hybridized carbons (Fsp3) is 0.625. The van der Waals surface area contributed by atoms with Crippen molar-refractivity contribution in [3.8, 4) is 5.75 Å². The predicted octanol–water partition coefficient (Wildman–Crippen LogP) is 0.00602. The van der Waals surface area contributed by atoms with Crippen LogP contribution in [0.3, 0.4) is 0 Å². The number of nitrogens with one attached hydrogen (secondary N) is 1. The second-order valence-electron chi connectivity index (χ2n) is 5.59. The molecule has 1 aromatic rings. The smallest absolute Gasteiger partial charge is 0.127 e. The number of aryl methyl sites for hydroxylation is 1. The Balaban J connectivity index is 1.49. The van der Waals surface area contributed by atoms with E-state index in [4.69, 9.17) is 4.74 Å². The molecule has 1 aliphatic heterocycles. The highest BCUT2D eigenvalue weighted by molar-refractivity contribution is 5.26. The molecule has 0 aromatic heterocycles. The molecule has 0 spiro atoms. The number of rotatable bonds is 7. The summed E-state index contributed by atoms with van der Waals surface area (Å²) in [5.41, 5.74) is 1.29. The normalized spacial score (nSPS) is 16.5. The van der Waals surface area contributed by atoms with E-state index in [1.165, 1.54) is 57.5 Å². The Bertz CT molecular complexity index is 344. The monoisotopic (exact) mass is 264 g/mol. The molecular formula is C16H28N2O+2. The van der Waals surface area contributed by atoms with E-state index in [2.05, 4.69) is 36.5 Å². The molecule has 2 rings (SSSR count). The summed E-state index contributed by atoms with van der Waals surface area (Å²) in [7, 11) is 0. The zero-order valence-corrected chi connectivity index (χ0v) is 12.2. The van der Waals surface area contributed by atoms with Gasteiger partial charge in [0, 0.05) is 0 Å². The van der Waals surface area contributed by atoms with Gasteiger partial charge in [0.15, 0.2) is 0 Å². The molecule has 3 heteroatoms. The molecule has 0 radical (unpaired) electrons. The van der Waals surface area contributed by atoms with Crippen LogP contribution in [0, 0.1) is 6.92 Å². The van der Waals surface area contributed by atoms with E-state index >= 15 is 0 Å². The molecule has 0 amide bonds. The minimum Gasteiger partial charge on any atom is -0.494 e. The number of ether oxygens (including phenoxy) is 1. The Labute approximate surface area is 116 Å². The number of nitrogens with two attached hydrogens (primary N) is 1. The Morgan fingerprint density at radius 1 is 1.05 bits per heavy atom. The number of piperazine rings is 1. The first-order valence-electron chi connectivity index (χ1n) is 7.69. The summed E-state index contributed by atoms with van der Waals surface area (Å²) in [4.78, 5) is 1.79. The third-order valence-corrected chi connectivity index (χ3v) is 3.87. The lowest BCUT2D eigenvalue weighted by Crippen LogP contribution is -3.20. The molecule has 0 bridgehead atoms. The van der Waals surface area contributed by atoms with Crippen LogP contribution in [0.2, 0.25) is 0 Å². The van der Waals surface area contributed by atoms with Crippen molar-refractivity contribution in [2.24, 2.45) is 0 Å². The van der Waals surface area contributed by atoms with Crippen molar-refractivity contribution in [3.05, 3.63) is 29.8 Å². The van der Waals surface area contributed by atoms with Crippen molar-refractivity contribution in [2.75, 3.05) is 39.3 Å². The maximum atomic E-state index is 5.74. The Kier molecular flexibility index (Phi) is 6.18. The summed E-state index contributed by atoms with van der Waals surface area (Å²) >= 11 is 0. The van der Waals surface area contributed by atoms with Gasteiger partial charge in [-0.3, -0.25) is 0 Å². The lowest BCUT2D eigenvalue weighted by atomic mass is 10.2. The highest BCUT2D eigenvalue weighted by atomic mass is 16.5. The number of benzene rings is 1. The van der Waals surface area contributed by atoms with Gasteiger partial charge >= 0.3 is 0 Å². The molecular weight excluding hydrogens is 236 g/mol. The van der Waals surface area contributed by atoms with Crippen LogP contribution in [0.15, 0.2) is 24.3 Å². The van der Waals surface area contributed by atoms with Crippen molar-refractivity contribution in [3.63, 3.8) is 0 Å². The fourth-order valence-electron chi connectivity index (χ4n) is 2.61. The summed E-state index contributed by atoms with van der Waals surface area (Å²) in [6.45, 7) is 9.62. The summed E-state index contributed by atoms with van der Waals surface area (Å²) in [5.74, 6) is 1.00. The van der Waals surface area contributed by atoms with Gasteiger partial charge < -0.3 is 15.0 Å². The molecule has 19 heavy (non-hydrogen) atoms. The molecule has 3 N–H and O–H groups in total. The fourth-order valence-corrected chi connectivity index (χ4v) is 2.61. The molecule has 3 nitrogen and oxygen atoms in total. The van der Waals surface area contributed by atoms with Gasteiger partial charge in [-0.2, -0.15) is 0 Å². The Hall–Kier alpha value is -1.06. The van der Waals surface area contributed by atoms with Crippen molar-refractivity contribution in [1.29, 1.82) is 0 Å². The number of quaternary nitrogens is 2. The minimum atomic E-state index is 0.853. The van der Waals surface area contributed by atoms with Gasteiger partial charge in [0.1, 0.15) is 31.9 Å². The van der Waals surface area contributed by atoms with Crippen LogP contribution in [0.4, 0.5) is 0 Å². The number of hydrogen-bond acceptors (Lipinski definition) is 1. The van der Waals surface area contributed by atoms with Gasteiger partial charge in [-0.15, -0.1) is 0 Å². The largest absolute Gasteiger partial charge is 0.494 e. The molecule has 1 saturated heterocycles. The van der Waals surface area contributed by atoms with Crippen molar-refractivity contribution in [1.82, 2.24) is 0 Å². The quantitative estimate of drug-likeness (QED) is 0.668. The van der Waals surface area contributed by atoms with Crippen LogP contribution in [0.25, 0.3) is 0 Å². The van der Waals surface area contributed by atoms with Crippen LogP contribution >= 0.6 is 0 Å². The summed E-state index contributed by atoms with van der Waals surface area (Å²) < 4.78 is 5.74. The molecule has 0 atom stereocenters. The van der Waals surface area contributed by atoms with E-state index in [1.54, 1.807) is 4.90 Å². The number of unbranched alkanes of at least 4 members (excludes halogenated alkanes) is 2. The molecule has 106 valence electrons. The van der Waals surface area contributed by atoms with Crippen molar-refractivity contribution in [2.45, 2.75) is 26.2 Å². The topological polar surface area (TPSA) is 30.3 Å². The zero-order chi connectivity index (χ0) is 13.3. The van der Waals surface area contributed by atoms with Gasteiger partial charge in [-0.25, -0.2) is 0 Å². The van der Waals surface area contributed by atoms with E-state index in [9.17, 15) is 0 Å². The first kappa shape index (κ1) is 14.4. The molecule has 0 unspecified atom stereocenters. The number of hydrogen-bond donors (Lipinski definition) is 2. The van der Waals surface area contributed by atoms with E-state index < -0.39 is 0 Å². The van der Waals surface area contributed by atoms with Crippen molar-refractivity contribution < 1.29 is 15.0 Å². The summed E-state index contributed by atoms with van der Waals surface area (Å²) in [5, 5.41) is 2.43. The van der Waals surface area contributed by atoms with Crippen molar-refractivity contribution >= 4 is 0 Å². The second-order valence-corrected chi connectivity index (χ2v) is 5.59. The van der Waals surface area contributed by atoms with Crippen LogP contribution in [0.1, 0.15) is 24.8 Å². The predicted molar refractivity (Wildman–Crippen MR) is 77.7 cm³/mol. The van der Waals surface area contributed by atoms with Crippen LogP contribution in [-0.2, 0) is 0 Å². The first-order valence-corrected chi connectivity index (χ1v) is 7.69. The maximum Gasteiger partial charge on any atom is 0.127 e.